The fraction of sp³-hybridized carbons (Fsp3) is 0.375. The van der Waals surface area contributed by atoms with Crippen molar-refractivity contribution < 1.29 is 4.21 Å². The molecule has 0 N–H and O–H groups in total. The molecule has 0 fully saturated rings. The van der Waals surface area contributed by atoms with Gasteiger partial charge >= 0.3 is 0 Å². The quantitative estimate of drug-likeness (QED) is 0.565. The van der Waals surface area contributed by atoms with Gasteiger partial charge in [-0.3, -0.25) is 0 Å². The summed E-state index contributed by atoms with van der Waals surface area (Å²) < 4.78 is 10.5. The van der Waals surface area contributed by atoms with Crippen molar-refractivity contribution in [1.29, 1.82) is 0 Å². The van der Waals surface area contributed by atoms with Gasteiger partial charge in [0.05, 0.1) is 11.3 Å². The van der Waals surface area contributed by atoms with Crippen molar-refractivity contribution in [3.8, 4) is 0 Å². The number of allylic oxidation sites excluding steroid dienone is 4. The highest BCUT2D eigenvalue weighted by Crippen LogP contribution is 2.20. The van der Waals surface area contributed by atoms with Crippen LogP contribution < -0.4 is 0 Å². The molecule has 4 heteroatoms. The molecule has 0 aliphatic heterocycles. The fourth-order valence-electron chi connectivity index (χ4n) is 1.02. The monoisotopic (exact) mass is 310 g/mol. The first-order valence-electron chi connectivity index (χ1n) is 3.48. The summed E-state index contributed by atoms with van der Waals surface area (Å²) in [6.45, 7) is 0. The van der Waals surface area contributed by atoms with Gasteiger partial charge in [-0.1, -0.05) is 43.5 Å². The topological polar surface area (TPSA) is 17.1 Å². The molecular weight excluding hydrogens is 304 g/mol. The molecule has 0 aromatic heterocycles. The summed E-state index contributed by atoms with van der Waals surface area (Å²) in [6, 6.07) is 0. The third-order valence-corrected chi connectivity index (χ3v) is 3.50. The van der Waals surface area contributed by atoms with E-state index in [1.54, 1.807) is 0 Å². The Morgan fingerprint density at radius 1 is 1.33 bits per heavy atom. The van der Waals surface area contributed by atoms with Crippen molar-refractivity contribution in [2.75, 3.05) is 10.7 Å². The van der Waals surface area contributed by atoms with E-state index in [0.29, 0.717) is 11.3 Å². The van der Waals surface area contributed by atoms with E-state index in [4.69, 9.17) is 0 Å². The maximum atomic E-state index is 10.5. The predicted octanol–water partition coefficient (Wildman–Crippen LogP) is 2.42. The van der Waals surface area contributed by atoms with Gasteiger partial charge in [-0.05, 0) is 11.6 Å². The van der Waals surface area contributed by atoms with Crippen molar-refractivity contribution in [2.45, 2.75) is 6.42 Å². The molecule has 0 saturated carbocycles. The summed E-state index contributed by atoms with van der Waals surface area (Å²) in [5.41, 5.74) is 2.58. The van der Waals surface area contributed by atoms with E-state index in [0.717, 1.165) is 21.9 Å². The highest BCUT2D eigenvalue weighted by atomic mass is 79.9. The summed E-state index contributed by atoms with van der Waals surface area (Å²) in [6.07, 6.45) is 4.71. The number of rotatable bonds is 2. The largest absolute Gasteiger partial charge is 0.212 e. The van der Waals surface area contributed by atoms with Crippen LogP contribution in [0.2, 0.25) is 0 Å². The zero-order valence-electron chi connectivity index (χ0n) is 6.35. The van der Waals surface area contributed by atoms with Gasteiger partial charge in [0.2, 0.25) is 0 Å². The van der Waals surface area contributed by atoms with Gasteiger partial charge in [0.15, 0.2) is 0 Å². The first-order valence-corrected chi connectivity index (χ1v) is 6.46. The van der Waals surface area contributed by atoms with Crippen LogP contribution in [0.4, 0.5) is 0 Å². The average molecular weight is 312 g/mol. The van der Waals surface area contributed by atoms with Gasteiger partial charge in [-0.15, -0.1) is 0 Å². The summed E-state index contributed by atoms with van der Waals surface area (Å²) in [7, 11) is 0. The molecule has 0 unspecified atom stereocenters. The number of alkyl halides is 2. The van der Waals surface area contributed by atoms with E-state index in [2.05, 4.69) is 31.9 Å². The van der Waals surface area contributed by atoms with Crippen LogP contribution in [0.15, 0.2) is 23.3 Å². The maximum absolute atomic E-state index is 10.5. The predicted molar refractivity (Wildman–Crippen MR) is 61.5 cm³/mol. The first-order chi connectivity index (χ1) is 5.81. The number of hydrogen-bond donors (Lipinski definition) is 0. The molecule has 12 heavy (non-hydrogen) atoms. The van der Waals surface area contributed by atoms with Gasteiger partial charge in [-0.25, -0.2) is 4.21 Å². The maximum Gasteiger partial charge on any atom is 0.0923 e. The molecular formula is C8H8Br2OS. The summed E-state index contributed by atoms with van der Waals surface area (Å²) >= 11 is 7.41. The minimum absolute atomic E-state index is 0.587. The Bertz CT molecular complexity index is 287. The lowest BCUT2D eigenvalue weighted by Gasteiger charge is -2.11. The summed E-state index contributed by atoms with van der Waals surface area (Å²) in [5.74, 6) is 0. The van der Waals surface area contributed by atoms with Gasteiger partial charge in [0, 0.05) is 21.9 Å². The van der Waals surface area contributed by atoms with E-state index in [1.165, 1.54) is 11.1 Å². The first kappa shape index (κ1) is 10.4. The third-order valence-electron chi connectivity index (χ3n) is 1.72. The van der Waals surface area contributed by atoms with Crippen molar-refractivity contribution in [1.82, 2.24) is 0 Å². The van der Waals surface area contributed by atoms with Gasteiger partial charge in [-0.2, -0.15) is 0 Å². The molecule has 0 spiro atoms. The third kappa shape index (κ3) is 2.41. The molecule has 0 saturated heterocycles. The van der Waals surface area contributed by atoms with E-state index in [9.17, 15) is 4.21 Å². The second-order valence-corrected chi connectivity index (χ2v) is 4.27. The Balaban J connectivity index is 2.93. The zero-order valence-corrected chi connectivity index (χ0v) is 10.3. The van der Waals surface area contributed by atoms with Crippen molar-refractivity contribution in [2.24, 2.45) is 0 Å². The van der Waals surface area contributed by atoms with Crippen LogP contribution in [0.5, 0.6) is 0 Å². The van der Waals surface area contributed by atoms with E-state index in [1.807, 2.05) is 12.2 Å². The van der Waals surface area contributed by atoms with Crippen LogP contribution in [0, 0.1) is 0 Å². The number of halogens is 2. The molecule has 0 atom stereocenters. The van der Waals surface area contributed by atoms with Crippen LogP contribution in [-0.4, -0.2) is 19.7 Å². The van der Waals surface area contributed by atoms with Crippen molar-refractivity contribution in [3.05, 3.63) is 23.3 Å². The van der Waals surface area contributed by atoms with Crippen LogP contribution in [0.3, 0.4) is 0 Å². The molecule has 1 nitrogen and oxygen atoms in total. The molecule has 0 aromatic carbocycles. The lowest BCUT2D eigenvalue weighted by molar-refractivity contribution is 0.701. The van der Waals surface area contributed by atoms with Gasteiger partial charge in [0.1, 0.15) is 0 Å². The Labute approximate surface area is 92.3 Å². The highest BCUT2D eigenvalue weighted by Gasteiger charge is 2.09. The molecule has 0 amide bonds. The van der Waals surface area contributed by atoms with Gasteiger partial charge < -0.3 is 0 Å². The minimum Gasteiger partial charge on any atom is -0.212 e. The molecule has 0 bridgehead atoms. The summed E-state index contributed by atoms with van der Waals surface area (Å²) in [4.78, 5) is 0.897. The van der Waals surface area contributed by atoms with Gasteiger partial charge in [0.25, 0.3) is 0 Å². The Kier molecular flexibility index (Phi) is 4.46. The van der Waals surface area contributed by atoms with Crippen molar-refractivity contribution in [3.63, 3.8) is 0 Å². The second kappa shape index (κ2) is 5.14. The van der Waals surface area contributed by atoms with Crippen molar-refractivity contribution >= 4 is 48.0 Å². The lowest BCUT2D eigenvalue weighted by atomic mass is 10.0. The molecule has 0 aromatic rings. The average Bonchev–Trinajstić information content (AvgIpc) is 2.16. The smallest absolute Gasteiger partial charge is 0.0923 e. The normalized spacial score (nSPS) is 17.0. The van der Waals surface area contributed by atoms with E-state index < -0.39 is 0 Å². The molecule has 66 valence electrons. The Morgan fingerprint density at radius 2 is 2.08 bits per heavy atom. The van der Waals surface area contributed by atoms with E-state index >= 15 is 0 Å². The summed E-state index contributed by atoms with van der Waals surface area (Å²) in [5, 5.41) is 1.71. The second-order valence-electron chi connectivity index (χ2n) is 2.46. The molecule has 1 aliphatic carbocycles. The van der Waals surface area contributed by atoms with E-state index in [-0.39, 0.29) is 0 Å². The fourth-order valence-corrected chi connectivity index (χ4v) is 2.52. The Morgan fingerprint density at radius 3 is 2.58 bits per heavy atom. The molecule has 0 radical (unpaired) electrons. The SMILES string of the molecule is O=S=C1C=CC(CBr)=C(CBr)C1. The van der Waals surface area contributed by atoms with Crippen LogP contribution in [-0.2, 0) is 11.3 Å². The molecule has 1 rings (SSSR count). The number of hydrogen-bond acceptors (Lipinski definition) is 1. The minimum atomic E-state index is 0.587. The molecule has 1 aliphatic rings. The van der Waals surface area contributed by atoms with Crippen LogP contribution in [0.1, 0.15) is 6.42 Å². The lowest BCUT2D eigenvalue weighted by Crippen LogP contribution is -2.06. The van der Waals surface area contributed by atoms with Crippen LogP contribution in [0.25, 0.3) is 0 Å². The highest BCUT2D eigenvalue weighted by molar-refractivity contribution is 9.09. The van der Waals surface area contributed by atoms with Crippen LogP contribution >= 0.6 is 31.9 Å². The Hall–Kier alpha value is 0.330. The standard InChI is InChI=1S/C8H8Br2OS/c9-4-6-1-2-8(12-11)3-7(6)5-10/h1-2H,3-5H2. The molecule has 0 heterocycles. The zero-order chi connectivity index (χ0) is 8.97.